The highest BCUT2D eigenvalue weighted by Gasteiger charge is 2.10. The van der Waals surface area contributed by atoms with Gasteiger partial charge in [-0.05, 0) is 59.1 Å². The van der Waals surface area contributed by atoms with E-state index < -0.39 is 6.10 Å². The largest absolute Gasteiger partial charge is 0.489 e. The predicted molar refractivity (Wildman–Crippen MR) is 80.2 cm³/mol. The Morgan fingerprint density at radius 1 is 1.25 bits per heavy atom. The Labute approximate surface area is 126 Å². The van der Waals surface area contributed by atoms with Crippen LogP contribution in [0.3, 0.4) is 0 Å². The molecule has 2 rings (SSSR count). The molecule has 2 aromatic carbocycles. The van der Waals surface area contributed by atoms with E-state index in [1.807, 2.05) is 25.1 Å². The average molecular weight is 339 g/mol. The first-order valence-electron chi connectivity index (χ1n) is 6.32. The molecule has 1 atom stereocenters. The lowest BCUT2D eigenvalue weighted by Crippen LogP contribution is -2.01. The monoisotopic (exact) mass is 338 g/mol. The van der Waals surface area contributed by atoms with Crippen molar-refractivity contribution in [3.8, 4) is 5.75 Å². The second kappa shape index (κ2) is 6.37. The zero-order valence-corrected chi connectivity index (χ0v) is 12.9. The second-order valence-electron chi connectivity index (χ2n) is 4.75. The number of aliphatic hydroxyl groups is 1. The molecule has 4 heteroatoms. The van der Waals surface area contributed by atoms with Crippen molar-refractivity contribution in [1.29, 1.82) is 0 Å². The first-order chi connectivity index (χ1) is 9.47. The average Bonchev–Trinajstić information content (AvgIpc) is 2.40. The van der Waals surface area contributed by atoms with Crippen molar-refractivity contribution in [3.63, 3.8) is 0 Å². The van der Waals surface area contributed by atoms with Gasteiger partial charge in [0.25, 0.3) is 0 Å². The van der Waals surface area contributed by atoms with Gasteiger partial charge < -0.3 is 9.84 Å². The fourth-order valence-corrected chi connectivity index (χ4v) is 2.33. The summed E-state index contributed by atoms with van der Waals surface area (Å²) in [6.45, 7) is 3.99. The summed E-state index contributed by atoms with van der Waals surface area (Å²) in [6.07, 6.45) is -0.592. The summed E-state index contributed by atoms with van der Waals surface area (Å²) in [7, 11) is 0. The number of benzene rings is 2. The van der Waals surface area contributed by atoms with Gasteiger partial charge in [0, 0.05) is 5.56 Å². The Morgan fingerprint density at radius 2 is 2.00 bits per heavy atom. The third kappa shape index (κ3) is 3.58. The third-order valence-electron chi connectivity index (χ3n) is 3.00. The van der Waals surface area contributed by atoms with E-state index in [9.17, 15) is 9.50 Å². The Kier molecular flexibility index (Phi) is 4.78. The van der Waals surface area contributed by atoms with Crippen LogP contribution in [0.25, 0.3) is 0 Å². The molecule has 20 heavy (non-hydrogen) atoms. The smallest absolute Gasteiger partial charge is 0.137 e. The lowest BCUT2D eigenvalue weighted by Gasteiger charge is -2.14. The molecule has 0 heterocycles. The molecule has 0 spiro atoms. The second-order valence-corrected chi connectivity index (χ2v) is 5.61. The molecule has 0 saturated heterocycles. The SMILES string of the molecule is Cc1ccc([C@@H](C)O)c(OCc2ccc(F)c(Br)c2)c1. The van der Waals surface area contributed by atoms with E-state index in [0.717, 1.165) is 16.7 Å². The molecule has 0 amide bonds. The summed E-state index contributed by atoms with van der Waals surface area (Å²) >= 11 is 3.15. The number of aliphatic hydroxyl groups excluding tert-OH is 1. The van der Waals surface area contributed by atoms with Crippen LogP contribution in [-0.4, -0.2) is 5.11 Å². The van der Waals surface area contributed by atoms with Gasteiger partial charge in [-0.2, -0.15) is 0 Å². The minimum atomic E-state index is -0.592. The maximum atomic E-state index is 13.2. The standard InChI is InChI=1S/C16H16BrFO2/c1-10-3-5-13(11(2)19)16(7-10)20-9-12-4-6-15(18)14(17)8-12/h3-8,11,19H,9H2,1-2H3/t11-/m1/s1. The number of ether oxygens (including phenoxy) is 1. The molecule has 2 aromatic rings. The van der Waals surface area contributed by atoms with Crippen molar-refractivity contribution in [1.82, 2.24) is 0 Å². The summed E-state index contributed by atoms with van der Waals surface area (Å²) in [5, 5.41) is 9.74. The molecule has 0 aliphatic rings. The van der Waals surface area contributed by atoms with E-state index >= 15 is 0 Å². The lowest BCUT2D eigenvalue weighted by atomic mass is 10.1. The summed E-state index contributed by atoms with van der Waals surface area (Å²) in [5.74, 6) is 0.356. The van der Waals surface area contributed by atoms with Crippen LogP contribution >= 0.6 is 15.9 Å². The van der Waals surface area contributed by atoms with E-state index in [2.05, 4.69) is 15.9 Å². The molecule has 0 bridgehead atoms. The van der Waals surface area contributed by atoms with Gasteiger partial charge in [-0.3, -0.25) is 0 Å². The van der Waals surface area contributed by atoms with Crippen LogP contribution < -0.4 is 4.74 Å². The number of rotatable bonds is 4. The van der Waals surface area contributed by atoms with Gasteiger partial charge in [0.1, 0.15) is 18.2 Å². The van der Waals surface area contributed by atoms with Crippen molar-refractivity contribution in [2.24, 2.45) is 0 Å². The number of hydrogen-bond donors (Lipinski definition) is 1. The van der Waals surface area contributed by atoms with Crippen molar-refractivity contribution < 1.29 is 14.2 Å². The Balaban J connectivity index is 2.17. The van der Waals surface area contributed by atoms with Crippen molar-refractivity contribution in [2.75, 3.05) is 0 Å². The van der Waals surface area contributed by atoms with Crippen LogP contribution in [-0.2, 0) is 6.61 Å². The Bertz CT molecular complexity index is 611. The van der Waals surface area contributed by atoms with E-state index in [-0.39, 0.29) is 5.82 Å². The topological polar surface area (TPSA) is 29.5 Å². The van der Waals surface area contributed by atoms with E-state index in [1.54, 1.807) is 19.1 Å². The quantitative estimate of drug-likeness (QED) is 0.887. The number of hydrogen-bond acceptors (Lipinski definition) is 2. The normalized spacial score (nSPS) is 12.2. The third-order valence-corrected chi connectivity index (χ3v) is 3.61. The van der Waals surface area contributed by atoms with Gasteiger partial charge in [-0.1, -0.05) is 18.2 Å². The maximum absolute atomic E-state index is 13.2. The van der Waals surface area contributed by atoms with Gasteiger partial charge in [0.15, 0.2) is 0 Å². The van der Waals surface area contributed by atoms with Crippen molar-refractivity contribution in [3.05, 3.63) is 63.4 Å². The van der Waals surface area contributed by atoms with E-state index in [4.69, 9.17) is 4.74 Å². The van der Waals surface area contributed by atoms with Crippen LogP contribution in [0.1, 0.15) is 29.7 Å². The number of halogens is 2. The predicted octanol–water partition coefficient (Wildman–Crippen LogP) is 4.53. The first kappa shape index (κ1) is 15.0. The molecule has 0 unspecified atom stereocenters. The van der Waals surface area contributed by atoms with Crippen LogP contribution in [0.5, 0.6) is 5.75 Å². The van der Waals surface area contributed by atoms with E-state index in [1.165, 1.54) is 6.07 Å². The lowest BCUT2D eigenvalue weighted by molar-refractivity contribution is 0.190. The highest BCUT2D eigenvalue weighted by molar-refractivity contribution is 9.10. The van der Waals surface area contributed by atoms with Gasteiger partial charge in [0.2, 0.25) is 0 Å². The first-order valence-corrected chi connectivity index (χ1v) is 7.12. The highest BCUT2D eigenvalue weighted by Crippen LogP contribution is 2.27. The van der Waals surface area contributed by atoms with Gasteiger partial charge in [-0.15, -0.1) is 0 Å². The summed E-state index contributed by atoms with van der Waals surface area (Å²) in [5.41, 5.74) is 2.66. The Morgan fingerprint density at radius 3 is 2.65 bits per heavy atom. The van der Waals surface area contributed by atoms with Crippen LogP contribution in [0.15, 0.2) is 40.9 Å². The minimum Gasteiger partial charge on any atom is -0.489 e. The van der Waals surface area contributed by atoms with E-state index in [0.29, 0.717) is 16.8 Å². The van der Waals surface area contributed by atoms with Crippen molar-refractivity contribution in [2.45, 2.75) is 26.6 Å². The molecular formula is C16H16BrFO2. The molecule has 0 fully saturated rings. The molecule has 0 saturated carbocycles. The zero-order chi connectivity index (χ0) is 14.7. The summed E-state index contributed by atoms with van der Waals surface area (Å²) < 4.78 is 19.3. The molecule has 1 N–H and O–H groups in total. The zero-order valence-electron chi connectivity index (χ0n) is 11.4. The number of aryl methyl sites for hydroxylation is 1. The van der Waals surface area contributed by atoms with Crippen LogP contribution in [0.2, 0.25) is 0 Å². The minimum absolute atomic E-state index is 0.297. The maximum Gasteiger partial charge on any atom is 0.137 e. The molecule has 0 radical (unpaired) electrons. The summed E-state index contributed by atoms with van der Waals surface area (Å²) in [6, 6.07) is 10.4. The molecule has 0 aromatic heterocycles. The fraction of sp³-hybridized carbons (Fsp3) is 0.250. The highest BCUT2D eigenvalue weighted by atomic mass is 79.9. The molecule has 106 valence electrons. The molecule has 2 nitrogen and oxygen atoms in total. The van der Waals surface area contributed by atoms with Crippen LogP contribution in [0, 0.1) is 12.7 Å². The summed E-state index contributed by atoms with van der Waals surface area (Å²) in [4.78, 5) is 0. The molecule has 0 aliphatic carbocycles. The van der Waals surface area contributed by atoms with Gasteiger partial charge >= 0.3 is 0 Å². The van der Waals surface area contributed by atoms with Gasteiger partial charge in [-0.25, -0.2) is 4.39 Å². The van der Waals surface area contributed by atoms with Gasteiger partial charge in [0.05, 0.1) is 10.6 Å². The van der Waals surface area contributed by atoms with Crippen molar-refractivity contribution >= 4 is 15.9 Å². The molecule has 0 aliphatic heterocycles. The Hall–Kier alpha value is -1.39. The fourth-order valence-electron chi connectivity index (χ4n) is 1.90. The van der Waals surface area contributed by atoms with Crippen LogP contribution in [0.4, 0.5) is 4.39 Å². The molecular weight excluding hydrogens is 323 g/mol.